The second kappa shape index (κ2) is 7.63. The zero-order valence-corrected chi connectivity index (χ0v) is 14.6. The summed E-state index contributed by atoms with van der Waals surface area (Å²) in [4.78, 5) is 29.8. The van der Waals surface area contributed by atoms with Crippen molar-refractivity contribution in [2.24, 2.45) is 0 Å². The smallest absolute Gasteiger partial charge is 0.410 e. The summed E-state index contributed by atoms with van der Waals surface area (Å²) in [5.74, 6) is -0.102. The van der Waals surface area contributed by atoms with Crippen molar-refractivity contribution in [1.82, 2.24) is 14.7 Å². The van der Waals surface area contributed by atoms with Crippen LogP contribution in [-0.2, 0) is 9.53 Å². The van der Waals surface area contributed by atoms with Crippen molar-refractivity contribution in [2.45, 2.75) is 51.7 Å². The predicted octanol–water partition coefficient (Wildman–Crippen LogP) is 1.80. The Kier molecular flexibility index (Phi) is 6.01. The van der Waals surface area contributed by atoms with Crippen molar-refractivity contribution >= 4 is 12.0 Å². The lowest BCUT2D eigenvalue weighted by Crippen LogP contribution is -2.55. The molecule has 2 aliphatic heterocycles. The molecule has 2 rings (SSSR count). The van der Waals surface area contributed by atoms with Crippen LogP contribution in [0.15, 0.2) is 0 Å². The van der Waals surface area contributed by atoms with Crippen LogP contribution >= 0.6 is 0 Å². The largest absolute Gasteiger partial charge is 0.444 e. The Hall–Kier alpha value is -1.44. The third-order valence-corrected chi connectivity index (χ3v) is 4.25. The van der Waals surface area contributed by atoms with Crippen molar-refractivity contribution in [1.29, 1.82) is 0 Å². The molecular formula is C16H27F2N3O3. The lowest BCUT2D eigenvalue weighted by molar-refractivity contribution is -0.137. The molecule has 0 aromatic carbocycles. The van der Waals surface area contributed by atoms with E-state index in [9.17, 15) is 18.4 Å². The van der Waals surface area contributed by atoms with Gasteiger partial charge in [-0.25, -0.2) is 13.6 Å². The molecule has 138 valence electrons. The first-order chi connectivity index (χ1) is 11.2. The third-order valence-electron chi connectivity index (χ3n) is 4.25. The van der Waals surface area contributed by atoms with Crippen LogP contribution in [0.1, 0.15) is 33.6 Å². The van der Waals surface area contributed by atoms with E-state index in [2.05, 4.69) is 0 Å². The minimum absolute atomic E-state index is 0.102. The van der Waals surface area contributed by atoms with Gasteiger partial charge in [-0.15, -0.1) is 0 Å². The van der Waals surface area contributed by atoms with Gasteiger partial charge in [0.05, 0.1) is 6.54 Å². The first-order valence-corrected chi connectivity index (χ1v) is 8.46. The maximum Gasteiger partial charge on any atom is 0.410 e. The van der Waals surface area contributed by atoms with Gasteiger partial charge >= 0.3 is 6.09 Å². The Balaban J connectivity index is 1.91. The molecule has 0 radical (unpaired) electrons. The van der Waals surface area contributed by atoms with Crippen LogP contribution in [0.3, 0.4) is 0 Å². The molecule has 0 saturated carbocycles. The zero-order valence-electron chi connectivity index (χ0n) is 14.6. The Bertz CT molecular complexity index is 460. The normalized spacial score (nSPS) is 23.0. The van der Waals surface area contributed by atoms with E-state index >= 15 is 0 Å². The van der Waals surface area contributed by atoms with E-state index in [1.165, 1.54) is 4.90 Å². The highest BCUT2D eigenvalue weighted by atomic mass is 19.3. The van der Waals surface area contributed by atoms with Gasteiger partial charge in [0.25, 0.3) is 6.43 Å². The fourth-order valence-electron chi connectivity index (χ4n) is 3.12. The molecule has 2 heterocycles. The molecule has 8 heteroatoms. The Morgan fingerprint density at radius 3 is 2.29 bits per heavy atom. The third kappa shape index (κ3) is 5.03. The van der Waals surface area contributed by atoms with Crippen LogP contribution in [0.2, 0.25) is 0 Å². The summed E-state index contributed by atoms with van der Waals surface area (Å²) < 4.78 is 30.2. The lowest BCUT2D eigenvalue weighted by atomic mass is 10.1. The van der Waals surface area contributed by atoms with E-state index in [4.69, 9.17) is 4.74 Å². The number of rotatable bonds is 3. The molecule has 0 spiro atoms. The molecule has 0 unspecified atom stereocenters. The van der Waals surface area contributed by atoms with Gasteiger partial charge in [-0.2, -0.15) is 0 Å². The lowest BCUT2D eigenvalue weighted by Gasteiger charge is -2.37. The molecule has 0 aromatic rings. The van der Waals surface area contributed by atoms with Gasteiger partial charge in [0.15, 0.2) is 0 Å². The molecule has 2 fully saturated rings. The molecule has 0 aliphatic carbocycles. The maximum atomic E-state index is 12.7. The monoisotopic (exact) mass is 347 g/mol. The summed E-state index contributed by atoms with van der Waals surface area (Å²) in [5, 5.41) is 0. The Morgan fingerprint density at radius 2 is 1.75 bits per heavy atom. The molecule has 6 nitrogen and oxygen atoms in total. The summed E-state index contributed by atoms with van der Waals surface area (Å²) >= 11 is 0. The quantitative estimate of drug-likeness (QED) is 0.781. The molecule has 0 bridgehead atoms. The minimum atomic E-state index is -2.36. The van der Waals surface area contributed by atoms with Gasteiger partial charge in [-0.3, -0.25) is 14.6 Å². The van der Waals surface area contributed by atoms with Crippen LogP contribution in [0.4, 0.5) is 13.6 Å². The van der Waals surface area contributed by atoms with Crippen LogP contribution < -0.4 is 0 Å². The number of nitrogens with zero attached hydrogens (tertiary/aromatic N) is 3. The van der Waals surface area contributed by atoms with E-state index < -0.39 is 24.2 Å². The second-order valence-electron chi connectivity index (χ2n) is 7.35. The van der Waals surface area contributed by atoms with E-state index in [1.54, 1.807) is 30.6 Å². The number of alkyl halides is 2. The van der Waals surface area contributed by atoms with E-state index in [-0.39, 0.29) is 12.5 Å². The first-order valence-electron chi connectivity index (χ1n) is 8.46. The van der Waals surface area contributed by atoms with Crippen LogP contribution in [-0.4, -0.2) is 84.0 Å². The van der Waals surface area contributed by atoms with Crippen LogP contribution in [0.25, 0.3) is 0 Å². The van der Waals surface area contributed by atoms with Crippen molar-refractivity contribution in [3.8, 4) is 0 Å². The average molecular weight is 347 g/mol. The Morgan fingerprint density at radius 1 is 1.12 bits per heavy atom. The van der Waals surface area contributed by atoms with Crippen molar-refractivity contribution in [2.75, 3.05) is 39.3 Å². The van der Waals surface area contributed by atoms with Gasteiger partial charge in [-0.05, 0) is 33.6 Å². The van der Waals surface area contributed by atoms with E-state index in [0.717, 1.165) is 6.42 Å². The number of amides is 2. The van der Waals surface area contributed by atoms with E-state index in [1.807, 2.05) is 0 Å². The second-order valence-corrected chi connectivity index (χ2v) is 7.35. The number of piperazine rings is 1. The molecular weight excluding hydrogens is 320 g/mol. The number of carbonyl (C=O) groups is 2. The number of ether oxygens (including phenoxy) is 1. The molecule has 2 aliphatic rings. The van der Waals surface area contributed by atoms with Crippen molar-refractivity contribution in [3.05, 3.63) is 0 Å². The highest BCUT2D eigenvalue weighted by Gasteiger charge is 2.39. The average Bonchev–Trinajstić information content (AvgIpc) is 2.94. The summed E-state index contributed by atoms with van der Waals surface area (Å²) in [5.41, 5.74) is -0.603. The first kappa shape index (κ1) is 18.9. The topological polar surface area (TPSA) is 53.1 Å². The molecule has 1 atom stereocenters. The van der Waals surface area contributed by atoms with Gasteiger partial charge in [0, 0.05) is 32.7 Å². The van der Waals surface area contributed by atoms with Gasteiger partial charge in [0.2, 0.25) is 5.91 Å². The van der Waals surface area contributed by atoms with Gasteiger partial charge in [-0.1, -0.05) is 0 Å². The van der Waals surface area contributed by atoms with Crippen LogP contribution in [0, 0.1) is 0 Å². The Labute approximate surface area is 141 Å². The number of carbonyl (C=O) groups excluding carboxylic acids is 2. The molecule has 0 N–H and O–H groups in total. The number of halogens is 2. The fourth-order valence-corrected chi connectivity index (χ4v) is 3.12. The van der Waals surface area contributed by atoms with Crippen LogP contribution in [0.5, 0.6) is 0 Å². The standard InChI is InChI=1S/C16H27F2N3O3/c1-16(2,3)24-15(23)21-6-4-5-12(21)14(22)20-9-7-19(8-10-20)11-13(17)18/h12-13H,4-11H2,1-3H3/t12-/m0/s1. The SMILES string of the molecule is CC(C)(C)OC(=O)N1CCC[C@H]1C(=O)N1CCN(CC(F)F)CC1. The maximum absolute atomic E-state index is 12.7. The number of likely N-dealkylation sites (tertiary alicyclic amines) is 1. The highest BCUT2D eigenvalue weighted by molar-refractivity contribution is 5.86. The van der Waals surface area contributed by atoms with Crippen molar-refractivity contribution in [3.63, 3.8) is 0 Å². The number of hydrogen-bond acceptors (Lipinski definition) is 4. The molecule has 0 aromatic heterocycles. The predicted molar refractivity (Wildman–Crippen MR) is 85.0 cm³/mol. The fraction of sp³-hybridized carbons (Fsp3) is 0.875. The highest BCUT2D eigenvalue weighted by Crippen LogP contribution is 2.23. The van der Waals surface area contributed by atoms with Gasteiger partial charge < -0.3 is 9.64 Å². The summed E-state index contributed by atoms with van der Waals surface area (Å²) in [7, 11) is 0. The molecule has 24 heavy (non-hydrogen) atoms. The molecule has 2 saturated heterocycles. The number of hydrogen-bond donors (Lipinski definition) is 0. The summed E-state index contributed by atoms with van der Waals surface area (Å²) in [6.45, 7) is 7.35. The van der Waals surface area contributed by atoms with Gasteiger partial charge in [0.1, 0.15) is 11.6 Å². The van der Waals surface area contributed by atoms with Crippen molar-refractivity contribution < 1.29 is 23.1 Å². The van der Waals surface area contributed by atoms with E-state index in [0.29, 0.717) is 39.1 Å². The minimum Gasteiger partial charge on any atom is -0.444 e. The summed E-state index contributed by atoms with van der Waals surface area (Å²) in [6.07, 6.45) is -1.43. The summed E-state index contributed by atoms with van der Waals surface area (Å²) in [6, 6.07) is -0.499. The zero-order chi connectivity index (χ0) is 17.9. The molecule has 2 amide bonds.